The minimum atomic E-state index is -0.342. The fourth-order valence-corrected chi connectivity index (χ4v) is 3.22. The molecule has 0 N–H and O–H groups in total. The van der Waals surface area contributed by atoms with Gasteiger partial charge in [-0.05, 0) is 30.9 Å². The molecule has 0 radical (unpaired) electrons. The van der Waals surface area contributed by atoms with Gasteiger partial charge in [-0.25, -0.2) is 0 Å². The highest BCUT2D eigenvalue weighted by atomic mass is 16.5. The maximum absolute atomic E-state index is 12.7. The van der Waals surface area contributed by atoms with Crippen molar-refractivity contribution >= 4 is 11.9 Å². The quantitative estimate of drug-likeness (QED) is 0.722. The smallest absolute Gasteiger partial charge is 0.310 e. The molecule has 0 aliphatic heterocycles. The fourth-order valence-electron chi connectivity index (χ4n) is 3.22. The molecule has 1 heterocycles. The third kappa shape index (κ3) is 5.41. The Morgan fingerprint density at radius 2 is 2.09 bits per heavy atom. The molecule has 1 amide bonds. The van der Waals surface area contributed by atoms with Crippen molar-refractivity contribution in [3.63, 3.8) is 0 Å². The van der Waals surface area contributed by atoms with Crippen molar-refractivity contribution in [2.75, 3.05) is 13.7 Å². The summed E-state index contributed by atoms with van der Waals surface area (Å²) in [6, 6.07) is 3.66. The van der Waals surface area contributed by atoms with Crippen molar-refractivity contribution in [1.29, 1.82) is 0 Å². The average molecular weight is 321 g/mol. The van der Waals surface area contributed by atoms with E-state index >= 15 is 0 Å². The molecule has 23 heavy (non-hydrogen) atoms. The van der Waals surface area contributed by atoms with Crippen LogP contribution in [0.3, 0.4) is 0 Å². The number of methoxy groups -OCH3 is 1. The lowest BCUT2D eigenvalue weighted by molar-refractivity contribution is -0.146. The minimum Gasteiger partial charge on any atom is -0.469 e. The third-order valence-electron chi connectivity index (χ3n) is 4.57. The number of nitrogens with zero attached hydrogens (tertiary/aromatic N) is 1. The number of furan rings is 1. The first kappa shape index (κ1) is 17.6. The van der Waals surface area contributed by atoms with E-state index < -0.39 is 0 Å². The number of esters is 1. The van der Waals surface area contributed by atoms with Gasteiger partial charge in [0.15, 0.2) is 0 Å². The second-order valence-corrected chi connectivity index (χ2v) is 6.49. The van der Waals surface area contributed by atoms with Crippen LogP contribution in [0, 0.1) is 11.8 Å². The Kier molecular flexibility index (Phi) is 6.68. The predicted octanol–water partition coefficient (Wildman–Crippen LogP) is 3.39. The first-order valence-electron chi connectivity index (χ1n) is 8.48. The zero-order valence-electron chi connectivity index (χ0n) is 14.1. The van der Waals surface area contributed by atoms with Crippen LogP contribution in [0.5, 0.6) is 0 Å². The number of hydrogen-bond donors (Lipinski definition) is 0. The Morgan fingerprint density at radius 3 is 2.70 bits per heavy atom. The molecule has 1 atom stereocenters. The van der Waals surface area contributed by atoms with Crippen LogP contribution >= 0.6 is 0 Å². The van der Waals surface area contributed by atoms with Gasteiger partial charge < -0.3 is 14.1 Å². The zero-order valence-corrected chi connectivity index (χ0v) is 14.1. The predicted molar refractivity (Wildman–Crippen MR) is 86.5 cm³/mol. The van der Waals surface area contributed by atoms with E-state index in [1.54, 1.807) is 18.1 Å². The van der Waals surface area contributed by atoms with E-state index in [0.717, 1.165) is 18.6 Å². The number of carbonyl (C=O) groups excluding carboxylic acids is 2. The Hall–Kier alpha value is -1.78. The highest BCUT2D eigenvalue weighted by Crippen LogP contribution is 2.27. The van der Waals surface area contributed by atoms with E-state index in [4.69, 9.17) is 9.15 Å². The Labute approximate surface area is 138 Å². The fraction of sp³-hybridized carbons (Fsp3) is 0.667. The second kappa shape index (κ2) is 8.75. The molecule has 1 unspecified atom stereocenters. The molecular formula is C18H27NO4. The summed E-state index contributed by atoms with van der Waals surface area (Å²) in [5.41, 5.74) is 0. The van der Waals surface area contributed by atoms with Gasteiger partial charge in [0.05, 0.1) is 25.8 Å². The number of amides is 1. The molecule has 1 fully saturated rings. The lowest BCUT2D eigenvalue weighted by Crippen LogP contribution is -2.37. The van der Waals surface area contributed by atoms with Gasteiger partial charge in [-0.2, -0.15) is 0 Å². The van der Waals surface area contributed by atoms with Gasteiger partial charge in [0.2, 0.25) is 5.91 Å². The van der Waals surface area contributed by atoms with Crippen molar-refractivity contribution in [1.82, 2.24) is 4.90 Å². The lowest BCUT2D eigenvalue weighted by atomic mass is 9.86. The van der Waals surface area contributed by atoms with Gasteiger partial charge in [0, 0.05) is 13.0 Å². The molecule has 1 aromatic heterocycles. The summed E-state index contributed by atoms with van der Waals surface area (Å²) in [6.07, 6.45) is 8.14. The normalized spacial score (nSPS) is 16.8. The molecule has 1 aliphatic rings. The van der Waals surface area contributed by atoms with Crippen LogP contribution in [0.15, 0.2) is 22.8 Å². The van der Waals surface area contributed by atoms with Gasteiger partial charge in [0.25, 0.3) is 0 Å². The molecule has 0 aromatic carbocycles. The monoisotopic (exact) mass is 321 g/mol. The number of rotatable bonds is 7. The van der Waals surface area contributed by atoms with Crippen LogP contribution < -0.4 is 0 Å². The van der Waals surface area contributed by atoms with Crippen LogP contribution in [0.1, 0.15) is 51.2 Å². The molecule has 0 bridgehead atoms. The second-order valence-electron chi connectivity index (χ2n) is 6.49. The molecule has 0 spiro atoms. The van der Waals surface area contributed by atoms with E-state index in [2.05, 4.69) is 0 Å². The van der Waals surface area contributed by atoms with E-state index in [1.165, 1.54) is 26.4 Å². The summed E-state index contributed by atoms with van der Waals surface area (Å²) in [5, 5.41) is 0. The molecular weight excluding hydrogens is 294 g/mol. The third-order valence-corrected chi connectivity index (χ3v) is 4.57. The summed E-state index contributed by atoms with van der Waals surface area (Å²) in [7, 11) is 1.37. The van der Waals surface area contributed by atoms with Gasteiger partial charge in [0.1, 0.15) is 5.76 Å². The van der Waals surface area contributed by atoms with Crippen molar-refractivity contribution in [2.24, 2.45) is 11.8 Å². The highest BCUT2D eigenvalue weighted by molar-refractivity contribution is 5.78. The highest BCUT2D eigenvalue weighted by Gasteiger charge is 2.25. The number of carbonyl (C=O) groups is 2. The van der Waals surface area contributed by atoms with Crippen molar-refractivity contribution in [2.45, 2.75) is 52.0 Å². The van der Waals surface area contributed by atoms with E-state index in [0.29, 0.717) is 25.4 Å². The molecule has 5 nitrogen and oxygen atoms in total. The maximum atomic E-state index is 12.7. The minimum absolute atomic E-state index is 0.101. The van der Waals surface area contributed by atoms with Crippen molar-refractivity contribution in [3.8, 4) is 0 Å². The first-order valence-corrected chi connectivity index (χ1v) is 8.48. The first-order chi connectivity index (χ1) is 11.1. The summed E-state index contributed by atoms with van der Waals surface area (Å²) in [4.78, 5) is 26.1. The lowest BCUT2D eigenvalue weighted by Gasteiger charge is -2.27. The SMILES string of the molecule is COC(=O)C(C)CN(Cc1ccco1)C(=O)CC1CCCCC1. The van der Waals surface area contributed by atoms with E-state index in [1.807, 2.05) is 12.1 Å². The summed E-state index contributed by atoms with van der Waals surface area (Å²) < 4.78 is 10.1. The Morgan fingerprint density at radius 1 is 1.35 bits per heavy atom. The van der Waals surface area contributed by atoms with Gasteiger partial charge in [-0.3, -0.25) is 9.59 Å². The summed E-state index contributed by atoms with van der Waals surface area (Å²) >= 11 is 0. The summed E-state index contributed by atoms with van der Waals surface area (Å²) in [6.45, 7) is 2.55. The molecule has 2 rings (SSSR count). The maximum Gasteiger partial charge on any atom is 0.310 e. The van der Waals surface area contributed by atoms with E-state index in [-0.39, 0.29) is 17.8 Å². The van der Waals surface area contributed by atoms with Crippen LogP contribution in [0.25, 0.3) is 0 Å². The molecule has 1 saturated carbocycles. The van der Waals surface area contributed by atoms with Crippen molar-refractivity contribution < 1.29 is 18.7 Å². The molecule has 5 heteroatoms. The number of hydrogen-bond acceptors (Lipinski definition) is 4. The van der Waals surface area contributed by atoms with Crippen LogP contribution in [-0.4, -0.2) is 30.4 Å². The molecule has 0 saturated heterocycles. The average Bonchev–Trinajstić information content (AvgIpc) is 3.07. The standard InChI is InChI=1S/C18H27NO4/c1-14(18(21)22-2)12-19(13-16-9-6-10-23-16)17(20)11-15-7-4-3-5-8-15/h6,9-10,14-15H,3-5,7-8,11-13H2,1-2H3. The number of ether oxygens (including phenoxy) is 1. The van der Waals surface area contributed by atoms with Gasteiger partial charge in [-0.1, -0.05) is 26.2 Å². The van der Waals surface area contributed by atoms with Crippen LogP contribution in [0.4, 0.5) is 0 Å². The van der Waals surface area contributed by atoms with E-state index in [9.17, 15) is 9.59 Å². The Balaban J connectivity index is 1.98. The summed E-state index contributed by atoms with van der Waals surface area (Å²) in [5.74, 6) is 0.678. The Bertz CT molecular complexity index is 491. The molecule has 1 aliphatic carbocycles. The van der Waals surface area contributed by atoms with Crippen LogP contribution in [0.2, 0.25) is 0 Å². The molecule has 128 valence electrons. The topological polar surface area (TPSA) is 59.8 Å². The molecule has 1 aromatic rings. The van der Waals surface area contributed by atoms with Crippen molar-refractivity contribution in [3.05, 3.63) is 24.2 Å². The van der Waals surface area contributed by atoms with Gasteiger partial charge >= 0.3 is 5.97 Å². The van der Waals surface area contributed by atoms with Gasteiger partial charge in [-0.15, -0.1) is 0 Å². The zero-order chi connectivity index (χ0) is 16.7. The van der Waals surface area contributed by atoms with Crippen LogP contribution in [-0.2, 0) is 20.9 Å². The largest absolute Gasteiger partial charge is 0.469 e.